The Morgan fingerprint density at radius 3 is 3.11 bits per heavy atom. The molecule has 0 saturated carbocycles. The normalized spacial score (nSPS) is 30.2. The molecule has 4 rings (SSSR count). The SMILES string of the molecule is Cc1nnc2c(NC3CC4CCC3O4)nccn12. The molecule has 2 bridgehead atoms. The van der Waals surface area contributed by atoms with Crippen LogP contribution in [-0.4, -0.2) is 37.8 Å². The zero-order valence-electron chi connectivity index (χ0n) is 10.2. The maximum atomic E-state index is 5.84. The van der Waals surface area contributed by atoms with Gasteiger partial charge in [-0.25, -0.2) is 4.98 Å². The minimum absolute atomic E-state index is 0.334. The van der Waals surface area contributed by atoms with Crippen molar-refractivity contribution >= 4 is 11.5 Å². The highest BCUT2D eigenvalue weighted by Crippen LogP contribution is 2.36. The molecule has 0 aromatic carbocycles. The summed E-state index contributed by atoms with van der Waals surface area (Å²) in [7, 11) is 0. The zero-order chi connectivity index (χ0) is 12.1. The third-order valence-corrected chi connectivity index (χ3v) is 3.93. The lowest BCUT2D eigenvalue weighted by molar-refractivity contribution is 0.102. The molecule has 2 fully saturated rings. The number of hydrogen-bond donors (Lipinski definition) is 1. The van der Waals surface area contributed by atoms with Gasteiger partial charge in [0.05, 0.1) is 18.2 Å². The monoisotopic (exact) mass is 245 g/mol. The van der Waals surface area contributed by atoms with Crippen LogP contribution in [0.3, 0.4) is 0 Å². The van der Waals surface area contributed by atoms with E-state index in [1.807, 2.05) is 17.5 Å². The topological polar surface area (TPSA) is 64.3 Å². The van der Waals surface area contributed by atoms with Gasteiger partial charge in [0.1, 0.15) is 5.82 Å². The average Bonchev–Trinajstić information content (AvgIpc) is 3.06. The lowest BCUT2D eigenvalue weighted by atomic mass is 9.95. The van der Waals surface area contributed by atoms with Crippen molar-refractivity contribution in [2.45, 2.75) is 44.4 Å². The zero-order valence-corrected chi connectivity index (χ0v) is 10.2. The van der Waals surface area contributed by atoms with E-state index in [-0.39, 0.29) is 0 Å². The van der Waals surface area contributed by atoms with Crippen LogP contribution in [0.15, 0.2) is 12.4 Å². The summed E-state index contributed by atoms with van der Waals surface area (Å²) in [5.41, 5.74) is 0.790. The van der Waals surface area contributed by atoms with E-state index in [0.717, 1.165) is 30.1 Å². The summed E-state index contributed by atoms with van der Waals surface area (Å²) in [6, 6.07) is 0.361. The van der Waals surface area contributed by atoms with Gasteiger partial charge in [0.25, 0.3) is 0 Å². The summed E-state index contributed by atoms with van der Waals surface area (Å²) in [4.78, 5) is 4.38. The number of fused-ring (bicyclic) bond motifs is 3. The predicted octanol–water partition coefficient (Wildman–Crippen LogP) is 1.16. The number of aromatic nitrogens is 4. The Morgan fingerprint density at radius 1 is 1.39 bits per heavy atom. The predicted molar refractivity (Wildman–Crippen MR) is 65.4 cm³/mol. The lowest BCUT2D eigenvalue weighted by Crippen LogP contribution is -2.31. The Labute approximate surface area is 104 Å². The van der Waals surface area contributed by atoms with Crippen molar-refractivity contribution in [1.82, 2.24) is 19.6 Å². The van der Waals surface area contributed by atoms with Gasteiger partial charge in [-0.05, 0) is 26.2 Å². The number of anilines is 1. The first-order chi connectivity index (χ1) is 8.81. The molecule has 2 saturated heterocycles. The van der Waals surface area contributed by atoms with Crippen molar-refractivity contribution in [3.8, 4) is 0 Å². The van der Waals surface area contributed by atoms with Gasteiger partial charge >= 0.3 is 0 Å². The van der Waals surface area contributed by atoms with Crippen molar-refractivity contribution in [2.24, 2.45) is 0 Å². The molecule has 2 aliphatic heterocycles. The smallest absolute Gasteiger partial charge is 0.203 e. The van der Waals surface area contributed by atoms with Crippen molar-refractivity contribution < 1.29 is 4.74 Å². The van der Waals surface area contributed by atoms with Crippen LogP contribution in [0.25, 0.3) is 5.65 Å². The fourth-order valence-corrected chi connectivity index (χ4v) is 3.01. The molecule has 1 N–H and O–H groups in total. The van der Waals surface area contributed by atoms with Crippen LogP contribution in [-0.2, 0) is 4.74 Å². The molecule has 2 aliphatic rings. The Hall–Kier alpha value is -1.69. The van der Waals surface area contributed by atoms with E-state index >= 15 is 0 Å². The van der Waals surface area contributed by atoms with Crippen LogP contribution in [0.5, 0.6) is 0 Å². The van der Waals surface area contributed by atoms with E-state index < -0.39 is 0 Å². The third kappa shape index (κ3) is 1.42. The van der Waals surface area contributed by atoms with Gasteiger partial charge in [-0.15, -0.1) is 10.2 Å². The van der Waals surface area contributed by atoms with Crippen molar-refractivity contribution in [2.75, 3.05) is 5.32 Å². The molecule has 0 radical (unpaired) electrons. The largest absolute Gasteiger partial charge is 0.373 e. The molecule has 6 heteroatoms. The molecule has 6 nitrogen and oxygen atoms in total. The maximum Gasteiger partial charge on any atom is 0.203 e. The Balaban J connectivity index is 1.67. The molecule has 3 atom stereocenters. The molecule has 0 amide bonds. The van der Waals surface area contributed by atoms with Crippen LogP contribution in [0, 0.1) is 6.92 Å². The molecular weight excluding hydrogens is 230 g/mol. The average molecular weight is 245 g/mol. The van der Waals surface area contributed by atoms with E-state index in [9.17, 15) is 0 Å². The van der Waals surface area contributed by atoms with E-state index in [1.54, 1.807) is 6.20 Å². The second kappa shape index (κ2) is 3.65. The fourth-order valence-electron chi connectivity index (χ4n) is 3.01. The van der Waals surface area contributed by atoms with Crippen LogP contribution >= 0.6 is 0 Å². The number of rotatable bonds is 2. The molecule has 2 aromatic rings. The molecule has 0 spiro atoms. The highest BCUT2D eigenvalue weighted by Gasteiger charge is 2.41. The van der Waals surface area contributed by atoms with Gasteiger partial charge in [-0.1, -0.05) is 0 Å². The summed E-state index contributed by atoms with van der Waals surface area (Å²) in [5.74, 6) is 1.68. The molecule has 94 valence electrons. The number of aryl methyl sites for hydroxylation is 1. The molecule has 3 unspecified atom stereocenters. The fraction of sp³-hybridized carbons (Fsp3) is 0.583. The van der Waals surface area contributed by atoms with Gasteiger partial charge in [-0.2, -0.15) is 0 Å². The summed E-state index contributed by atoms with van der Waals surface area (Å²) in [5, 5.41) is 11.7. The molecule has 0 aliphatic carbocycles. The minimum Gasteiger partial charge on any atom is -0.373 e. The van der Waals surface area contributed by atoms with Gasteiger partial charge in [0, 0.05) is 12.4 Å². The van der Waals surface area contributed by atoms with Crippen LogP contribution < -0.4 is 5.32 Å². The summed E-state index contributed by atoms with van der Waals surface area (Å²) < 4.78 is 7.79. The summed E-state index contributed by atoms with van der Waals surface area (Å²) in [6.07, 6.45) is 7.85. The van der Waals surface area contributed by atoms with E-state index in [2.05, 4.69) is 20.5 Å². The van der Waals surface area contributed by atoms with E-state index in [4.69, 9.17) is 4.74 Å². The molecular formula is C12H15N5O. The van der Waals surface area contributed by atoms with Crippen molar-refractivity contribution in [3.05, 3.63) is 18.2 Å². The number of ether oxygens (including phenoxy) is 1. The van der Waals surface area contributed by atoms with Gasteiger partial charge in [-0.3, -0.25) is 4.40 Å². The quantitative estimate of drug-likeness (QED) is 0.860. The van der Waals surface area contributed by atoms with Crippen molar-refractivity contribution in [1.29, 1.82) is 0 Å². The summed E-state index contributed by atoms with van der Waals surface area (Å²) >= 11 is 0. The van der Waals surface area contributed by atoms with Crippen molar-refractivity contribution in [3.63, 3.8) is 0 Å². The molecule has 4 heterocycles. The van der Waals surface area contributed by atoms with Gasteiger partial charge in [0.15, 0.2) is 5.82 Å². The van der Waals surface area contributed by atoms with E-state index in [0.29, 0.717) is 18.2 Å². The van der Waals surface area contributed by atoms with E-state index in [1.165, 1.54) is 6.42 Å². The number of nitrogens with one attached hydrogen (secondary N) is 1. The second-order valence-electron chi connectivity index (χ2n) is 5.08. The number of hydrogen-bond acceptors (Lipinski definition) is 5. The first-order valence-corrected chi connectivity index (χ1v) is 6.39. The number of nitrogens with zero attached hydrogens (tertiary/aromatic N) is 4. The minimum atomic E-state index is 0.334. The second-order valence-corrected chi connectivity index (χ2v) is 5.08. The Kier molecular flexibility index (Phi) is 2.08. The van der Waals surface area contributed by atoms with Gasteiger partial charge < -0.3 is 10.1 Å². The first kappa shape index (κ1) is 10.3. The Morgan fingerprint density at radius 2 is 2.33 bits per heavy atom. The third-order valence-electron chi connectivity index (χ3n) is 3.93. The highest BCUT2D eigenvalue weighted by atomic mass is 16.5. The first-order valence-electron chi connectivity index (χ1n) is 6.39. The lowest BCUT2D eigenvalue weighted by Gasteiger charge is -2.20. The standard InChI is InChI=1S/C12H15N5O/c1-7-15-16-12-11(13-4-5-17(7)12)14-9-6-8-2-3-10(9)18-8/h4-5,8-10H,2-3,6H2,1H3,(H,13,14). The van der Waals surface area contributed by atoms with Gasteiger partial charge in [0.2, 0.25) is 5.65 Å². The van der Waals surface area contributed by atoms with Crippen LogP contribution in [0.1, 0.15) is 25.1 Å². The van der Waals surface area contributed by atoms with Crippen LogP contribution in [0.2, 0.25) is 0 Å². The molecule has 18 heavy (non-hydrogen) atoms. The highest BCUT2D eigenvalue weighted by molar-refractivity contribution is 5.62. The maximum absolute atomic E-state index is 5.84. The Bertz CT molecular complexity index is 595. The van der Waals surface area contributed by atoms with Crippen LogP contribution in [0.4, 0.5) is 5.82 Å². The molecule has 2 aromatic heterocycles. The summed E-state index contributed by atoms with van der Waals surface area (Å²) in [6.45, 7) is 1.93.